The van der Waals surface area contributed by atoms with Crippen molar-refractivity contribution < 1.29 is 7.65 Å². The number of hydrogen-bond acceptors (Lipinski definition) is 5. The number of hydrogen-bond donors (Lipinski definition) is 2. The van der Waals surface area contributed by atoms with Crippen LogP contribution in [0.3, 0.4) is 0 Å². The van der Waals surface area contributed by atoms with Crippen molar-refractivity contribution in [2.24, 2.45) is 0 Å². The molecule has 1 aliphatic rings. The van der Waals surface area contributed by atoms with Gasteiger partial charge in [-0.3, -0.25) is 9.89 Å². The minimum atomic E-state index is 0. The molecule has 0 aliphatic heterocycles. The summed E-state index contributed by atoms with van der Waals surface area (Å²) in [5.74, 6) is 2.72. The third kappa shape index (κ3) is 3.03. The first kappa shape index (κ1) is 14.6. The van der Waals surface area contributed by atoms with Gasteiger partial charge in [0.25, 0.3) is 0 Å². The van der Waals surface area contributed by atoms with E-state index >= 15 is 0 Å². The maximum absolute atomic E-state index is 11.4. The fourth-order valence-electron chi connectivity index (χ4n) is 2.56. The molecule has 4 rings (SSSR count). The minimum absolute atomic E-state index is 0. The Morgan fingerprint density at radius 2 is 2.00 bits per heavy atom. The van der Waals surface area contributed by atoms with E-state index in [1.807, 2.05) is 18.2 Å². The quantitative estimate of drug-likeness (QED) is 0.688. The van der Waals surface area contributed by atoms with Crippen molar-refractivity contribution in [3.05, 3.63) is 53.9 Å². The molecule has 2 aromatic heterocycles. The van der Waals surface area contributed by atoms with Crippen molar-refractivity contribution >= 4 is 17.4 Å². The van der Waals surface area contributed by atoms with E-state index in [1.54, 1.807) is 31.3 Å². The molecule has 1 aromatic carbocycles. The lowest BCUT2D eigenvalue weighted by atomic mass is 10.1. The van der Waals surface area contributed by atoms with Crippen LogP contribution >= 0.6 is 0 Å². The van der Waals surface area contributed by atoms with Crippen LogP contribution in [0, 0.1) is 0 Å². The fourth-order valence-corrected chi connectivity index (χ4v) is 2.56. The Hall–Kier alpha value is -3.02. The molecule has 1 aliphatic carbocycles. The number of nitrogens with zero attached hydrogens (tertiary/aromatic N) is 3. The number of nitrogens with one attached hydrogen (secondary N) is 2. The van der Waals surface area contributed by atoms with Crippen LogP contribution < -0.4 is 5.32 Å². The molecule has 0 spiro atoms. The van der Waals surface area contributed by atoms with E-state index in [9.17, 15) is 4.79 Å². The van der Waals surface area contributed by atoms with Crippen molar-refractivity contribution in [2.75, 3.05) is 5.32 Å². The van der Waals surface area contributed by atoms with Gasteiger partial charge in [-0.05, 0) is 25.8 Å². The number of Topliss-reactive ketones (excluding diaryl/α,β-unsaturated/α-hetero) is 1. The van der Waals surface area contributed by atoms with Crippen LogP contribution in [-0.2, 0) is 0 Å². The van der Waals surface area contributed by atoms with Crippen molar-refractivity contribution in [1.82, 2.24) is 20.2 Å². The van der Waals surface area contributed by atoms with Crippen LogP contribution in [0.25, 0.3) is 11.4 Å². The van der Waals surface area contributed by atoms with Gasteiger partial charge in [0.05, 0.1) is 0 Å². The predicted octanol–water partition coefficient (Wildman–Crippen LogP) is 4.18. The standard InChI is InChI=1S/C18H17N5O.2H2/c1-11(24)12-2-6-14(7-3-12)18-19-9-8-16(21-18)20-17-10-15(22-23-17)13-4-5-13;;/h2-3,6-10,13H,4-5H2,1H3,(H2,19,20,21,22,23);2*1H. The molecule has 0 radical (unpaired) electrons. The van der Waals surface area contributed by atoms with Crippen molar-refractivity contribution in [3.8, 4) is 11.4 Å². The van der Waals surface area contributed by atoms with E-state index in [-0.39, 0.29) is 8.64 Å². The second kappa shape index (κ2) is 5.88. The molecule has 0 bridgehead atoms. The molecule has 0 unspecified atom stereocenters. The second-order valence-electron chi connectivity index (χ2n) is 6.01. The number of benzene rings is 1. The summed E-state index contributed by atoms with van der Waals surface area (Å²) in [4.78, 5) is 20.2. The summed E-state index contributed by atoms with van der Waals surface area (Å²) in [6.45, 7) is 1.55. The van der Waals surface area contributed by atoms with Gasteiger partial charge in [0.2, 0.25) is 0 Å². The third-order valence-corrected chi connectivity index (χ3v) is 4.08. The maximum Gasteiger partial charge on any atom is 0.161 e. The SMILES string of the molecule is CC(=O)c1ccc(-c2nccc(Nc3cc(C4CC4)[nH]n3)n2)cc1.[HH].[HH]. The van der Waals surface area contributed by atoms with Crippen LogP contribution in [0.5, 0.6) is 0 Å². The van der Waals surface area contributed by atoms with Gasteiger partial charge in [0, 0.05) is 37.9 Å². The van der Waals surface area contributed by atoms with Gasteiger partial charge in [-0.1, -0.05) is 24.3 Å². The lowest BCUT2D eigenvalue weighted by Crippen LogP contribution is -1.97. The van der Waals surface area contributed by atoms with Gasteiger partial charge in [-0.25, -0.2) is 9.97 Å². The van der Waals surface area contributed by atoms with Crippen molar-refractivity contribution in [2.45, 2.75) is 25.7 Å². The summed E-state index contributed by atoms with van der Waals surface area (Å²) < 4.78 is 0. The molecular formula is C18H21N5O. The normalized spacial score (nSPS) is 13.7. The predicted molar refractivity (Wildman–Crippen MR) is 95.5 cm³/mol. The molecule has 0 amide bonds. The Morgan fingerprint density at radius 1 is 1.21 bits per heavy atom. The van der Waals surface area contributed by atoms with Gasteiger partial charge in [0.15, 0.2) is 17.4 Å². The Balaban J connectivity index is 0.00000121. The van der Waals surface area contributed by atoms with E-state index in [0.29, 0.717) is 23.1 Å². The Kier molecular flexibility index (Phi) is 3.57. The van der Waals surface area contributed by atoms with E-state index < -0.39 is 0 Å². The first-order valence-electron chi connectivity index (χ1n) is 7.96. The molecule has 2 N–H and O–H groups in total. The number of anilines is 2. The summed E-state index contributed by atoms with van der Waals surface area (Å²) in [6, 6.07) is 11.1. The lowest BCUT2D eigenvalue weighted by Gasteiger charge is -2.05. The molecule has 1 fully saturated rings. The van der Waals surface area contributed by atoms with Crippen LogP contribution in [0.2, 0.25) is 0 Å². The highest BCUT2D eigenvalue weighted by Gasteiger charge is 2.25. The smallest absolute Gasteiger partial charge is 0.161 e. The highest BCUT2D eigenvalue weighted by atomic mass is 16.1. The second-order valence-corrected chi connectivity index (χ2v) is 6.01. The number of ketones is 1. The number of carbonyl (C=O) groups is 1. The maximum atomic E-state index is 11.4. The van der Waals surface area contributed by atoms with Gasteiger partial charge in [-0.2, -0.15) is 5.10 Å². The first-order chi connectivity index (χ1) is 11.7. The average Bonchev–Trinajstić information content (AvgIpc) is 3.35. The fraction of sp³-hybridized carbons (Fsp3) is 0.222. The summed E-state index contributed by atoms with van der Waals surface area (Å²) in [5.41, 5.74) is 2.72. The molecule has 1 saturated carbocycles. The zero-order valence-electron chi connectivity index (χ0n) is 13.3. The summed E-state index contributed by atoms with van der Waals surface area (Å²) in [7, 11) is 0. The van der Waals surface area contributed by atoms with Crippen LogP contribution in [0.1, 0.15) is 44.6 Å². The molecule has 6 heteroatoms. The van der Waals surface area contributed by atoms with Gasteiger partial charge >= 0.3 is 0 Å². The molecule has 124 valence electrons. The third-order valence-electron chi connectivity index (χ3n) is 4.08. The van der Waals surface area contributed by atoms with Crippen LogP contribution in [0.4, 0.5) is 11.6 Å². The molecule has 3 aromatic rings. The Labute approximate surface area is 142 Å². The van der Waals surface area contributed by atoms with Crippen molar-refractivity contribution in [1.29, 1.82) is 0 Å². The number of rotatable bonds is 5. The molecular weight excluding hydrogens is 302 g/mol. The van der Waals surface area contributed by atoms with Gasteiger partial charge in [-0.15, -0.1) is 0 Å². The first-order valence-corrected chi connectivity index (χ1v) is 7.96. The Bertz CT molecular complexity index is 891. The monoisotopic (exact) mass is 323 g/mol. The number of aromatic amines is 1. The van der Waals surface area contributed by atoms with E-state index in [4.69, 9.17) is 0 Å². The zero-order valence-corrected chi connectivity index (χ0v) is 13.3. The minimum Gasteiger partial charge on any atom is -0.323 e. The van der Waals surface area contributed by atoms with E-state index in [0.717, 1.165) is 11.4 Å². The number of aromatic nitrogens is 4. The molecule has 24 heavy (non-hydrogen) atoms. The topological polar surface area (TPSA) is 83.6 Å². The highest BCUT2D eigenvalue weighted by Crippen LogP contribution is 2.39. The van der Waals surface area contributed by atoms with E-state index in [1.165, 1.54) is 18.5 Å². The summed E-state index contributed by atoms with van der Waals surface area (Å²) in [6.07, 6.45) is 4.17. The average molecular weight is 323 g/mol. The molecule has 2 heterocycles. The van der Waals surface area contributed by atoms with Crippen LogP contribution in [-0.4, -0.2) is 25.9 Å². The van der Waals surface area contributed by atoms with Crippen LogP contribution in [0.15, 0.2) is 42.6 Å². The lowest BCUT2D eigenvalue weighted by molar-refractivity contribution is 0.101. The molecule has 6 nitrogen and oxygen atoms in total. The Morgan fingerprint density at radius 3 is 2.71 bits per heavy atom. The highest BCUT2D eigenvalue weighted by molar-refractivity contribution is 5.94. The number of H-pyrrole nitrogens is 1. The zero-order chi connectivity index (χ0) is 16.5. The summed E-state index contributed by atoms with van der Waals surface area (Å²) >= 11 is 0. The molecule has 0 saturated heterocycles. The summed E-state index contributed by atoms with van der Waals surface area (Å²) in [5, 5.41) is 10.5. The van der Waals surface area contributed by atoms with Crippen molar-refractivity contribution in [3.63, 3.8) is 0 Å². The van der Waals surface area contributed by atoms with Gasteiger partial charge in [0.1, 0.15) is 5.82 Å². The molecule has 0 atom stereocenters. The van der Waals surface area contributed by atoms with Gasteiger partial charge < -0.3 is 5.32 Å². The van der Waals surface area contributed by atoms with E-state index in [2.05, 4.69) is 25.5 Å². The largest absolute Gasteiger partial charge is 0.323 e. The number of carbonyl (C=O) groups excluding carboxylic acids is 1.